The Balaban J connectivity index is 0.830. The third-order valence-electron chi connectivity index (χ3n) is 24.2. The second-order valence-electron chi connectivity index (χ2n) is 30.4. The summed E-state index contributed by atoms with van der Waals surface area (Å²) in [6.45, 7) is 14.6. The van der Waals surface area contributed by atoms with E-state index in [1.807, 2.05) is 0 Å². The van der Waals surface area contributed by atoms with Crippen LogP contribution < -0.4 is 0 Å². The van der Waals surface area contributed by atoms with Crippen molar-refractivity contribution < 1.29 is 148 Å². The molecule has 30 nitrogen and oxygen atoms in total. The van der Waals surface area contributed by atoms with Gasteiger partial charge < -0.3 is 138 Å². The summed E-state index contributed by atoms with van der Waals surface area (Å²) in [7, 11) is 1.13. The lowest BCUT2D eigenvalue weighted by Crippen LogP contribution is -2.68. The Bertz CT molecular complexity index is 2670. The predicted molar refractivity (Wildman–Crippen MR) is 309 cm³/mol. The molecule has 0 aromatic carbocycles. The lowest BCUT2D eigenvalue weighted by atomic mass is 9.33. The summed E-state index contributed by atoms with van der Waals surface area (Å²) in [5.74, 6) is -2.18. The number of carbonyl (C=O) groups excluding carboxylic acids is 2. The number of aliphatic hydroxyl groups is 15. The molecule has 0 bridgehead atoms. The van der Waals surface area contributed by atoms with Gasteiger partial charge in [0.05, 0.1) is 51.8 Å². The van der Waals surface area contributed by atoms with Crippen LogP contribution in [0.2, 0.25) is 0 Å². The molecule has 6 saturated heterocycles. The molecule has 11 aliphatic rings. The molecule has 5 aliphatic carbocycles. The van der Waals surface area contributed by atoms with E-state index in [1.165, 1.54) is 6.92 Å². The Morgan fingerprint density at radius 1 is 0.495 bits per heavy atom. The zero-order valence-electron chi connectivity index (χ0n) is 54.0. The van der Waals surface area contributed by atoms with Crippen LogP contribution in [0.1, 0.15) is 113 Å². The normalized spacial score (nSPS) is 53.8. The molecule has 0 aromatic rings. The largest absolute Gasteiger partial charge is 0.467 e. The smallest absolute Gasteiger partial charge is 0.337 e. The summed E-state index contributed by atoms with van der Waals surface area (Å²) in [6.07, 6.45) is -39.3. The van der Waals surface area contributed by atoms with E-state index in [-0.39, 0.29) is 35.5 Å². The van der Waals surface area contributed by atoms with Crippen molar-refractivity contribution in [1.82, 2.24) is 0 Å². The minimum Gasteiger partial charge on any atom is -0.467 e. The number of carbonyl (C=O) groups is 2. The molecule has 35 atom stereocenters. The number of hydrogen-bond donors (Lipinski definition) is 15. The first-order valence-corrected chi connectivity index (χ1v) is 32.8. The van der Waals surface area contributed by atoms with Gasteiger partial charge in [0, 0.05) is 0 Å². The highest BCUT2D eigenvalue weighted by molar-refractivity contribution is 5.80. The summed E-state index contributed by atoms with van der Waals surface area (Å²) in [5, 5.41) is 166. The molecule has 15 N–H and O–H groups in total. The molecule has 0 aromatic heterocycles. The van der Waals surface area contributed by atoms with E-state index in [0.717, 1.165) is 25.5 Å². The molecule has 3 unspecified atom stereocenters. The molecule has 30 heteroatoms. The van der Waals surface area contributed by atoms with Gasteiger partial charge in [-0.2, -0.15) is 0 Å². The second kappa shape index (κ2) is 26.6. The topological polar surface area (TPSA) is 458 Å². The van der Waals surface area contributed by atoms with Crippen LogP contribution in [0.4, 0.5) is 0 Å². The van der Waals surface area contributed by atoms with Gasteiger partial charge in [0.25, 0.3) is 0 Å². The van der Waals surface area contributed by atoms with Crippen LogP contribution in [-0.2, 0) is 71.2 Å². The van der Waals surface area contributed by atoms with Gasteiger partial charge in [-0.3, -0.25) is 4.79 Å². The maximum absolute atomic E-state index is 15.7. The Kier molecular flexibility index (Phi) is 20.6. The number of ether oxygens (including phenoxy) is 13. The molecule has 6 aliphatic heterocycles. The van der Waals surface area contributed by atoms with Crippen molar-refractivity contribution in [1.29, 1.82) is 0 Å². The van der Waals surface area contributed by atoms with Crippen LogP contribution in [0, 0.1) is 50.2 Å². The summed E-state index contributed by atoms with van der Waals surface area (Å²) < 4.78 is 76.7. The van der Waals surface area contributed by atoms with E-state index in [0.29, 0.717) is 32.1 Å². The zero-order valence-corrected chi connectivity index (χ0v) is 54.0. The number of esters is 2. The van der Waals surface area contributed by atoms with Gasteiger partial charge in [0.1, 0.15) is 109 Å². The van der Waals surface area contributed by atoms with Crippen LogP contribution >= 0.6 is 0 Å². The number of allylic oxidation sites excluding steroid dienone is 2. The number of hydrogen-bond acceptors (Lipinski definition) is 30. The van der Waals surface area contributed by atoms with Gasteiger partial charge >= 0.3 is 11.9 Å². The van der Waals surface area contributed by atoms with Crippen LogP contribution in [0.3, 0.4) is 0 Å². The zero-order chi connectivity index (χ0) is 67.7. The van der Waals surface area contributed by atoms with Gasteiger partial charge in [-0.05, 0) is 110 Å². The van der Waals surface area contributed by atoms with Gasteiger partial charge in [0.15, 0.2) is 43.7 Å². The Labute approximate surface area is 538 Å². The first-order valence-electron chi connectivity index (χ1n) is 32.8. The standard InChI is InChI=1S/C63H100O30/c1-24-45(88-53-43(77)46(30(67)23-84-53)89-51-40(74)35(69)27(64)20-82-51)47(90-52-41(75)36(70)28(65)21-83-52)44(78)55(86-24)92-49-37(71)29(66)22-85-56(49)93-57(80)63-17-16-58(2,3)18-26(63)25-10-11-32-60(6)14-13-34(87-54-42(76)38(72)39(73)48(91-54)50(79)81-9)59(4,5)31(60)12-15-61(32,7)62(25,8)19-33(63)68/h10,24,26-49,51-56,64-78H,11-23H2,1-9H3/t24-,26?,27+,28-,29-,30+,31?,32?,33+,34-,35-,36-,37-,38-,39-,40+,41+,42+,43+,44+,45-,46-,47-,48-,49+,51-,52-,53-,54+,55-,56-,60-,61+,62+,63+/m0/s1. The van der Waals surface area contributed by atoms with Crippen LogP contribution in [0.15, 0.2) is 11.6 Å². The maximum atomic E-state index is 15.7. The van der Waals surface area contributed by atoms with Crippen molar-refractivity contribution in [3.05, 3.63) is 11.6 Å². The number of methoxy groups -OCH3 is 1. The summed E-state index contributed by atoms with van der Waals surface area (Å²) in [5.41, 5.74) is -2.74. The Hall–Kier alpha value is -2.36. The number of rotatable bonds is 13. The first kappa shape index (κ1) is 71.9. The molecule has 10 fully saturated rings. The van der Waals surface area contributed by atoms with Crippen LogP contribution in [-0.4, -0.2) is 294 Å². The fourth-order valence-corrected chi connectivity index (χ4v) is 18.5. The van der Waals surface area contributed by atoms with Crippen LogP contribution in [0.25, 0.3) is 0 Å². The van der Waals surface area contributed by atoms with Gasteiger partial charge in [0.2, 0.25) is 6.29 Å². The van der Waals surface area contributed by atoms with E-state index >= 15 is 4.79 Å². The van der Waals surface area contributed by atoms with E-state index in [4.69, 9.17) is 61.6 Å². The highest BCUT2D eigenvalue weighted by Gasteiger charge is 2.72. The number of aliphatic hydroxyl groups excluding tert-OH is 15. The van der Waals surface area contributed by atoms with Gasteiger partial charge in [-0.1, -0.05) is 60.1 Å². The Morgan fingerprint density at radius 2 is 1.02 bits per heavy atom. The fraction of sp³-hybridized carbons (Fsp3) is 0.937. The number of fused-ring (bicyclic) bond motifs is 7. The van der Waals surface area contributed by atoms with E-state index < -0.39 is 238 Å². The van der Waals surface area contributed by atoms with Crippen molar-refractivity contribution in [3.8, 4) is 0 Å². The van der Waals surface area contributed by atoms with Crippen molar-refractivity contribution in [3.63, 3.8) is 0 Å². The third kappa shape index (κ3) is 12.3. The molecule has 0 spiro atoms. The SMILES string of the molecule is COC(=O)[C@H]1O[C@@H](O[C@H]2CC[C@@]3(C)C(CC[C@]4(C)C3CC=C3C5CC(C)(C)CC[C@]5(C(=O)O[C@@H]5OC[C@H](O)[C@H](O)[C@H]5O[C@@H]5O[C@@H](C)[C@H](O[C@@H]6OC[C@@H](O)[C@H](O[C@@H]7OC[C@@H](O)[C@H](O)[C@H]7O)[C@H]6O)[C@@H](O[C@@H]6OC[C@H](O)[C@H](O)[C@H]6O)[C@H]5O)[C@H](O)C[C@]34C)C2(C)C)[C@H](O)[C@@H](O)[C@@H]1O. The molecular weight excluding hydrogens is 1240 g/mol. The lowest BCUT2D eigenvalue weighted by Gasteiger charge is -2.71. The highest BCUT2D eigenvalue weighted by Crippen LogP contribution is 2.76. The average Bonchev–Trinajstić information content (AvgIpc) is 0.672. The minimum atomic E-state index is -2.07. The Morgan fingerprint density at radius 3 is 1.65 bits per heavy atom. The van der Waals surface area contributed by atoms with Crippen molar-refractivity contribution in [2.45, 2.75) is 285 Å². The van der Waals surface area contributed by atoms with Gasteiger partial charge in [-0.15, -0.1) is 0 Å². The monoisotopic (exact) mass is 1340 g/mol. The maximum Gasteiger partial charge on any atom is 0.337 e. The second-order valence-corrected chi connectivity index (χ2v) is 30.4. The molecule has 93 heavy (non-hydrogen) atoms. The van der Waals surface area contributed by atoms with Gasteiger partial charge in [-0.25, -0.2) is 4.79 Å². The quantitative estimate of drug-likeness (QED) is 0.0480. The fourth-order valence-electron chi connectivity index (χ4n) is 18.5. The van der Waals surface area contributed by atoms with Crippen LogP contribution in [0.5, 0.6) is 0 Å². The highest BCUT2D eigenvalue weighted by atomic mass is 16.8. The lowest BCUT2D eigenvalue weighted by molar-refractivity contribution is -0.392. The molecule has 6 heterocycles. The molecule has 0 amide bonds. The molecule has 4 saturated carbocycles. The predicted octanol–water partition coefficient (Wildman–Crippen LogP) is -3.65. The minimum absolute atomic E-state index is 0.0629. The summed E-state index contributed by atoms with van der Waals surface area (Å²) in [6, 6.07) is 0. The molecular formula is C63H100O30. The molecule has 11 rings (SSSR count). The van der Waals surface area contributed by atoms with E-state index in [9.17, 15) is 81.4 Å². The molecule has 532 valence electrons. The summed E-state index contributed by atoms with van der Waals surface area (Å²) >= 11 is 0. The van der Waals surface area contributed by atoms with Crippen molar-refractivity contribution in [2.24, 2.45) is 50.2 Å². The van der Waals surface area contributed by atoms with Crippen molar-refractivity contribution in [2.75, 3.05) is 33.5 Å². The third-order valence-corrected chi connectivity index (χ3v) is 24.2. The molecule has 0 radical (unpaired) electrons. The van der Waals surface area contributed by atoms with Crippen molar-refractivity contribution >= 4 is 11.9 Å². The summed E-state index contributed by atoms with van der Waals surface area (Å²) in [4.78, 5) is 28.3. The average molecular weight is 1340 g/mol. The van der Waals surface area contributed by atoms with E-state index in [2.05, 4.69) is 54.5 Å². The first-order chi connectivity index (χ1) is 43.6. The van der Waals surface area contributed by atoms with E-state index in [1.54, 1.807) is 0 Å².